The molecule has 0 saturated carbocycles. The average molecular weight is 515 g/mol. The number of aliphatic carboxylic acids is 6. The van der Waals surface area contributed by atoms with E-state index in [0.29, 0.717) is 0 Å². The second-order valence-electron chi connectivity index (χ2n) is 3.03. The van der Waals surface area contributed by atoms with Crippen LogP contribution in [-0.2, 0) is 28.8 Å². The topological polar surface area (TPSA) is 264 Å². The molecule has 14 heteroatoms. The summed E-state index contributed by atoms with van der Waals surface area (Å²) < 4.78 is 0. The Morgan fingerprint density at radius 2 is 0.500 bits per heavy atom. The number of hydrogen-bond donors (Lipinski definition) is 3. The Morgan fingerprint density at radius 1 is 0.500 bits per heavy atom. The van der Waals surface area contributed by atoms with Crippen molar-refractivity contribution in [3.05, 3.63) is 0 Å². The summed E-state index contributed by atoms with van der Waals surface area (Å²) in [6.45, 7) is 6.17. The van der Waals surface area contributed by atoms with Crippen LogP contribution in [0.2, 0.25) is 0 Å². The molecule has 0 aliphatic heterocycles. The molecular weight excluding hydrogens is 492 g/mol. The van der Waals surface area contributed by atoms with Crippen molar-refractivity contribution in [2.24, 2.45) is 0 Å². The normalized spacial score (nSPS) is 5.77. The number of rotatable bonds is 0. The van der Waals surface area contributed by atoms with Crippen molar-refractivity contribution in [3.8, 4) is 0 Å². The van der Waals surface area contributed by atoms with Gasteiger partial charge in [0.15, 0.2) is 0 Å². The van der Waals surface area contributed by atoms with Crippen LogP contribution in [0.25, 0.3) is 0 Å². The second-order valence-corrected chi connectivity index (χ2v) is 3.03. The maximum atomic E-state index is 9.00. The summed E-state index contributed by atoms with van der Waals surface area (Å²) in [5, 5.41) is 48.9. The zero-order valence-electron chi connectivity index (χ0n) is 15.0. The molecule has 0 aliphatic rings. The summed E-state index contributed by atoms with van der Waals surface area (Å²) >= 11 is 0. The van der Waals surface area contributed by atoms with E-state index >= 15 is 0 Å². The van der Waals surface area contributed by atoms with Gasteiger partial charge in [-0.25, -0.2) is 0 Å². The first-order valence-corrected chi connectivity index (χ1v) is 5.51. The molecule has 0 atom stereocenters. The van der Waals surface area contributed by atoms with Crippen LogP contribution in [0.4, 0.5) is 0 Å². The van der Waals surface area contributed by atoms with E-state index in [0.717, 1.165) is 41.5 Å². The summed E-state index contributed by atoms with van der Waals surface area (Å²) in [4.78, 5) is 53.7. The van der Waals surface area contributed by atoms with Crippen LogP contribution in [0.15, 0.2) is 0 Å². The van der Waals surface area contributed by atoms with Crippen LogP contribution in [0.5, 0.6) is 0 Å². The predicted octanol–water partition coefficient (Wildman–Crippen LogP) is -4.28. The fourth-order valence-corrected chi connectivity index (χ4v) is 0. The fraction of sp³-hybridized carbons (Fsp3) is 0.500. The molecule has 0 rings (SSSR count). The van der Waals surface area contributed by atoms with Gasteiger partial charge in [0, 0.05) is 38.7 Å². The van der Waals surface area contributed by atoms with Crippen molar-refractivity contribution in [3.63, 3.8) is 0 Å². The quantitative estimate of drug-likeness (QED) is 0.277. The Morgan fingerprint density at radius 3 is 0.500 bits per heavy atom. The van der Waals surface area contributed by atoms with Gasteiger partial charge in [-0.1, -0.05) is 0 Å². The summed E-state index contributed by atoms with van der Waals surface area (Å²) in [5.74, 6) is -5.75. The molecule has 5 N–H and O–H groups in total. The van der Waals surface area contributed by atoms with Gasteiger partial charge < -0.3 is 50.5 Å². The van der Waals surface area contributed by atoms with Crippen LogP contribution in [0.1, 0.15) is 41.5 Å². The van der Waals surface area contributed by atoms with Crippen molar-refractivity contribution >= 4 is 35.8 Å². The maximum Gasteiger partial charge on any atom is 3.00 e. The van der Waals surface area contributed by atoms with Gasteiger partial charge in [0.1, 0.15) is 0 Å². The summed E-state index contributed by atoms with van der Waals surface area (Å²) in [7, 11) is 0. The van der Waals surface area contributed by atoms with Gasteiger partial charge in [-0.05, 0) is 20.8 Å². The van der Waals surface area contributed by atoms with E-state index in [1.54, 1.807) is 0 Å². The molecule has 153 valence electrons. The Bertz CT molecular complexity index is 262. The third-order valence-electron chi connectivity index (χ3n) is 0. The molecule has 0 fully saturated rings. The molecular formula is C12H23CeO13. The van der Waals surface area contributed by atoms with Crippen LogP contribution < -0.4 is 15.3 Å². The third-order valence-corrected chi connectivity index (χ3v) is 0. The van der Waals surface area contributed by atoms with Crippen LogP contribution in [0.3, 0.4) is 0 Å². The average Bonchev–Trinajstić information content (AvgIpc) is 2.08. The first-order chi connectivity index (χ1) is 10.4. The second kappa shape index (κ2) is 43.5. The van der Waals surface area contributed by atoms with E-state index in [1.807, 2.05) is 0 Å². The molecule has 0 aliphatic carbocycles. The molecule has 1 radical (unpaired) electrons. The van der Waals surface area contributed by atoms with E-state index in [2.05, 4.69) is 0 Å². The molecule has 0 bridgehead atoms. The first kappa shape index (κ1) is 49.6. The molecule has 0 heterocycles. The first-order valence-electron chi connectivity index (χ1n) is 5.51. The fourth-order valence-electron chi connectivity index (χ4n) is 0. The molecule has 0 aromatic carbocycles. The van der Waals surface area contributed by atoms with Gasteiger partial charge >= 0.3 is 41.7 Å². The van der Waals surface area contributed by atoms with E-state index < -0.39 is 35.8 Å². The van der Waals surface area contributed by atoms with Crippen molar-refractivity contribution in [2.45, 2.75) is 41.5 Å². The minimum absolute atomic E-state index is 0. The van der Waals surface area contributed by atoms with Crippen molar-refractivity contribution in [1.82, 2.24) is 0 Å². The Kier molecular flexibility index (Phi) is 83.1. The zero-order chi connectivity index (χ0) is 21.5. The van der Waals surface area contributed by atoms with Gasteiger partial charge in [-0.15, -0.1) is 0 Å². The van der Waals surface area contributed by atoms with Crippen molar-refractivity contribution < 1.29 is 107 Å². The molecule has 0 unspecified atom stereocenters. The number of carbonyl (C=O) groups is 6. The van der Waals surface area contributed by atoms with Crippen LogP contribution in [0, 0.1) is 41.7 Å². The largest absolute Gasteiger partial charge is 3.00 e. The predicted molar refractivity (Wildman–Crippen MR) is 75.6 cm³/mol. The molecule has 0 aromatic heterocycles. The van der Waals surface area contributed by atoms with E-state index in [1.165, 1.54) is 0 Å². The Balaban J connectivity index is -0.0000000245. The smallest absolute Gasteiger partial charge is 0.550 e. The minimum Gasteiger partial charge on any atom is -0.550 e. The number of carboxylic acid groups (broad SMARTS) is 6. The standard InChI is InChI=1S/6C2H4O2.Ce.H2O/c6*1-2(3)4;;/h6*1H3,(H,3,4);;1H2/q;;;;;;+3;/p-3. The third kappa shape index (κ3) is 2920. The molecule has 0 aromatic rings. The van der Waals surface area contributed by atoms with Crippen molar-refractivity contribution in [1.29, 1.82) is 0 Å². The molecule has 26 heavy (non-hydrogen) atoms. The molecule has 13 nitrogen and oxygen atoms in total. The zero-order valence-corrected chi connectivity index (χ0v) is 18.2. The van der Waals surface area contributed by atoms with E-state index in [4.69, 9.17) is 59.4 Å². The molecule has 0 amide bonds. The summed E-state index contributed by atoms with van der Waals surface area (Å²) in [6.07, 6.45) is 0. The Hall–Kier alpha value is -1.84. The van der Waals surface area contributed by atoms with E-state index in [-0.39, 0.29) is 47.2 Å². The monoisotopic (exact) mass is 515 g/mol. The maximum absolute atomic E-state index is 9.00. The molecule has 0 spiro atoms. The minimum atomic E-state index is -1.08. The Labute approximate surface area is 183 Å². The number of carboxylic acids is 6. The van der Waals surface area contributed by atoms with Crippen molar-refractivity contribution in [2.75, 3.05) is 0 Å². The molecule has 0 saturated heterocycles. The number of hydrogen-bond acceptors (Lipinski definition) is 9. The van der Waals surface area contributed by atoms with Crippen LogP contribution >= 0.6 is 0 Å². The van der Waals surface area contributed by atoms with Crippen LogP contribution in [-0.4, -0.2) is 56.6 Å². The van der Waals surface area contributed by atoms with Gasteiger partial charge in [-0.2, -0.15) is 0 Å². The summed E-state index contributed by atoms with van der Waals surface area (Å²) in [6, 6.07) is 0. The van der Waals surface area contributed by atoms with Gasteiger partial charge in [0.2, 0.25) is 0 Å². The van der Waals surface area contributed by atoms with Gasteiger partial charge in [0.05, 0.1) is 0 Å². The summed E-state index contributed by atoms with van der Waals surface area (Å²) in [5.41, 5.74) is 0. The van der Waals surface area contributed by atoms with E-state index in [9.17, 15) is 0 Å². The van der Waals surface area contributed by atoms with Gasteiger partial charge in [0.25, 0.3) is 17.9 Å². The van der Waals surface area contributed by atoms with Gasteiger partial charge in [-0.3, -0.25) is 14.4 Å². The SMILES string of the molecule is CC(=O)O.CC(=O)O.CC(=O)O.CC(=O)[O-].CC(=O)[O-].CC(=O)[O-].O.[Ce+3]. The number of carbonyl (C=O) groups excluding carboxylic acids is 3.